The molecule has 0 spiro atoms. The summed E-state index contributed by atoms with van der Waals surface area (Å²) in [7, 11) is 1.77. The topological polar surface area (TPSA) is 34.9 Å². The third-order valence-electron chi connectivity index (χ3n) is 2.53. The van der Waals surface area contributed by atoms with Gasteiger partial charge in [-0.1, -0.05) is 0 Å². The molecule has 3 nitrogen and oxygen atoms in total. The molecular formula is C12H11FN2O. The zero-order valence-corrected chi connectivity index (χ0v) is 9.07. The monoisotopic (exact) mass is 218 g/mol. The van der Waals surface area contributed by atoms with Crippen molar-refractivity contribution in [3.63, 3.8) is 0 Å². The first kappa shape index (κ1) is 10.5. The molecule has 4 heteroatoms. The van der Waals surface area contributed by atoms with E-state index in [1.165, 1.54) is 12.1 Å². The van der Waals surface area contributed by atoms with Crippen LogP contribution in [-0.4, -0.2) is 15.8 Å². The molecule has 0 saturated heterocycles. The summed E-state index contributed by atoms with van der Waals surface area (Å²) >= 11 is 0. The Kier molecular flexibility index (Phi) is 2.56. The second-order valence-electron chi connectivity index (χ2n) is 3.59. The lowest BCUT2D eigenvalue weighted by atomic mass is 10.1. The van der Waals surface area contributed by atoms with E-state index in [9.17, 15) is 9.18 Å². The average molecular weight is 218 g/mol. The van der Waals surface area contributed by atoms with Gasteiger partial charge in [0.15, 0.2) is 12.1 Å². The number of aldehydes is 1. The standard InChI is InChI=1S/C12H11FN2O/c1-8-12(15(2)11(7-16)14-8)9-3-5-10(13)6-4-9/h3-7H,1-2H3. The molecule has 1 aromatic carbocycles. The molecule has 0 unspecified atom stereocenters. The van der Waals surface area contributed by atoms with E-state index in [4.69, 9.17) is 0 Å². The van der Waals surface area contributed by atoms with E-state index in [1.807, 2.05) is 6.92 Å². The highest BCUT2D eigenvalue weighted by molar-refractivity contribution is 5.74. The third-order valence-corrected chi connectivity index (χ3v) is 2.53. The highest BCUT2D eigenvalue weighted by atomic mass is 19.1. The molecule has 0 radical (unpaired) electrons. The molecule has 82 valence electrons. The minimum atomic E-state index is -0.279. The molecule has 0 saturated carbocycles. The van der Waals surface area contributed by atoms with Crippen molar-refractivity contribution < 1.29 is 9.18 Å². The number of hydrogen-bond acceptors (Lipinski definition) is 2. The van der Waals surface area contributed by atoms with Crippen molar-refractivity contribution in [2.24, 2.45) is 7.05 Å². The van der Waals surface area contributed by atoms with Gasteiger partial charge in [-0.2, -0.15) is 0 Å². The molecule has 1 aromatic heterocycles. The Morgan fingerprint density at radius 1 is 1.31 bits per heavy atom. The van der Waals surface area contributed by atoms with E-state index in [0.29, 0.717) is 12.1 Å². The van der Waals surface area contributed by atoms with Crippen LogP contribution in [0.3, 0.4) is 0 Å². The van der Waals surface area contributed by atoms with Crippen LogP contribution < -0.4 is 0 Å². The fourth-order valence-electron chi connectivity index (χ4n) is 1.77. The molecule has 0 aliphatic carbocycles. The van der Waals surface area contributed by atoms with Crippen LogP contribution in [0.15, 0.2) is 24.3 Å². The summed E-state index contributed by atoms with van der Waals surface area (Å²) in [4.78, 5) is 14.9. The molecule has 2 aromatic rings. The van der Waals surface area contributed by atoms with Gasteiger partial charge in [-0.3, -0.25) is 4.79 Å². The maximum absolute atomic E-state index is 12.8. The minimum Gasteiger partial charge on any atom is -0.325 e. The Bertz CT molecular complexity index is 529. The maximum atomic E-state index is 12.8. The van der Waals surface area contributed by atoms with E-state index in [-0.39, 0.29) is 5.82 Å². The van der Waals surface area contributed by atoms with Gasteiger partial charge in [0.2, 0.25) is 0 Å². The van der Waals surface area contributed by atoms with Gasteiger partial charge < -0.3 is 4.57 Å². The number of aryl methyl sites for hydroxylation is 1. The molecule has 2 rings (SSSR count). The van der Waals surface area contributed by atoms with Crippen LogP contribution in [0.5, 0.6) is 0 Å². The molecule has 0 bridgehead atoms. The molecule has 0 N–H and O–H groups in total. The van der Waals surface area contributed by atoms with Gasteiger partial charge in [0.25, 0.3) is 0 Å². The number of imidazole rings is 1. The minimum absolute atomic E-state index is 0.279. The number of rotatable bonds is 2. The summed E-state index contributed by atoms with van der Waals surface area (Å²) in [5, 5.41) is 0. The average Bonchev–Trinajstić information content (AvgIpc) is 2.56. The van der Waals surface area contributed by atoms with Crippen molar-refractivity contribution >= 4 is 6.29 Å². The van der Waals surface area contributed by atoms with Gasteiger partial charge in [0, 0.05) is 12.6 Å². The first-order valence-corrected chi connectivity index (χ1v) is 4.88. The molecule has 16 heavy (non-hydrogen) atoms. The molecule has 1 heterocycles. The maximum Gasteiger partial charge on any atom is 0.185 e. The highest BCUT2D eigenvalue weighted by Gasteiger charge is 2.12. The van der Waals surface area contributed by atoms with Gasteiger partial charge in [-0.05, 0) is 31.2 Å². The van der Waals surface area contributed by atoms with Gasteiger partial charge in [0.1, 0.15) is 5.82 Å². The number of aromatic nitrogens is 2. The Morgan fingerprint density at radius 3 is 2.44 bits per heavy atom. The van der Waals surface area contributed by atoms with Gasteiger partial charge in [-0.25, -0.2) is 9.37 Å². The van der Waals surface area contributed by atoms with Crippen LogP contribution in [0.1, 0.15) is 16.3 Å². The number of carbonyl (C=O) groups excluding carboxylic acids is 1. The fourth-order valence-corrected chi connectivity index (χ4v) is 1.77. The van der Waals surface area contributed by atoms with Gasteiger partial charge >= 0.3 is 0 Å². The third kappa shape index (κ3) is 1.62. The first-order valence-electron chi connectivity index (χ1n) is 4.88. The lowest BCUT2D eigenvalue weighted by Gasteiger charge is -2.04. The quantitative estimate of drug-likeness (QED) is 0.725. The number of halogens is 1. The molecule has 0 atom stereocenters. The van der Waals surface area contributed by atoms with Crippen molar-refractivity contribution in [2.75, 3.05) is 0 Å². The van der Waals surface area contributed by atoms with E-state index >= 15 is 0 Å². The second kappa shape index (κ2) is 3.89. The van der Waals surface area contributed by atoms with Crippen molar-refractivity contribution in [1.29, 1.82) is 0 Å². The lowest BCUT2D eigenvalue weighted by molar-refractivity contribution is 0.111. The van der Waals surface area contributed by atoms with E-state index in [2.05, 4.69) is 4.98 Å². The van der Waals surface area contributed by atoms with Crippen molar-refractivity contribution in [2.45, 2.75) is 6.92 Å². The summed E-state index contributed by atoms with van der Waals surface area (Å²) < 4.78 is 14.5. The number of benzene rings is 1. The normalized spacial score (nSPS) is 10.4. The van der Waals surface area contributed by atoms with Crippen LogP contribution in [-0.2, 0) is 7.05 Å². The number of hydrogen-bond donors (Lipinski definition) is 0. The molecule has 0 amide bonds. The van der Waals surface area contributed by atoms with Crippen LogP contribution in [0.25, 0.3) is 11.3 Å². The SMILES string of the molecule is Cc1nc(C=O)n(C)c1-c1ccc(F)cc1. The molecule has 0 aliphatic heterocycles. The Balaban J connectivity index is 2.59. The van der Waals surface area contributed by atoms with Crippen molar-refractivity contribution in [1.82, 2.24) is 9.55 Å². The predicted octanol–water partition coefficient (Wildman–Crippen LogP) is 2.35. The Hall–Kier alpha value is -1.97. The van der Waals surface area contributed by atoms with E-state index < -0.39 is 0 Å². The van der Waals surface area contributed by atoms with Crippen LogP contribution in [0.4, 0.5) is 4.39 Å². The Morgan fingerprint density at radius 2 is 1.94 bits per heavy atom. The van der Waals surface area contributed by atoms with Crippen LogP contribution in [0.2, 0.25) is 0 Å². The van der Waals surface area contributed by atoms with Gasteiger partial charge in [0.05, 0.1) is 11.4 Å². The second-order valence-corrected chi connectivity index (χ2v) is 3.59. The number of nitrogens with zero attached hydrogens (tertiary/aromatic N) is 2. The highest BCUT2D eigenvalue weighted by Crippen LogP contribution is 2.23. The smallest absolute Gasteiger partial charge is 0.185 e. The van der Waals surface area contributed by atoms with E-state index in [1.54, 1.807) is 23.7 Å². The summed E-state index contributed by atoms with van der Waals surface area (Å²) in [6.07, 6.45) is 0.708. The van der Waals surface area contributed by atoms with Crippen molar-refractivity contribution in [3.05, 3.63) is 41.6 Å². The zero-order chi connectivity index (χ0) is 11.7. The lowest BCUT2D eigenvalue weighted by Crippen LogP contribution is -1.97. The van der Waals surface area contributed by atoms with Crippen LogP contribution >= 0.6 is 0 Å². The van der Waals surface area contributed by atoms with Gasteiger partial charge in [-0.15, -0.1) is 0 Å². The molecule has 0 fully saturated rings. The predicted molar refractivity (Wildman–Crippen MR) is 58.7 cm³/mol. The molecule has 0 aliphatic rings. The van der Waals surface area contributed by atoms with Crippen molar-refractivity contribution in [3.8, 4) is 11.3 Å². The summed E-state index contributed by atoms with van der Waals surface area (Å²) in [6.45, 7) is 1.83. The zero-order valence-electron chi connectivity index (χ0n) is 9.07. The fraction of sp³-hybridized carbons (Fsp3) is 0.167. The summed E-state index contributed by atoms with van der Waals surface area (Å²) in [5.74, 6) is 0.0935. The number of carbonyl (C=O) groups is 1. The molecular weight excluding hydrogens is 207 g/mol. The Labute approximate surface area is 92.5 Å². The van der Waals surface area contributed by atoms with E-state index in [0.717, 1.165) is 17.0 Å². The summed E-state index contributed by atoms with van der Waals surface area (Å²) in [6, 6.07) is 6.13. The van der Waals surface area contributed by atoms with Crippen LogP contribution in [0, 0.1) is 12.7 Å². The first-order chi connectivity index (χ1) is 7.63. The summed E-state index contributed by atoms with van der Waals surface area (Å²) in [5.41, 5.74) is 2.44. The largest absolute Gasteiger partial charge is 0.325 e.